The lowest BCUT2D eigenvalue weighted by Crippen LogP contribution is -2.28. The first-order chi connectivity index (χ1) is 15.4. The zero-order valence-corrected chi connectivity index (χ0v) is 16.9. The predicted octanol–water partition coefficient (Wildman–Crippen LogP) is 2.42. The van der Waals surface area contributed by atoms with Crippen molar-refractivity contribution in [2.24, 2.45) is 17.9 Å². The highest BCUT2D eigenvalue weighted by Gasteiger charge is 2.24. The summed E-state index contributed by atoms with van der Waals surface area (Å²) >= 11 is 0. The summed E-state index contributed by atoms with van der Waals surface area (Å²) in [4.78, 5) is 28.7. The third-order valence-corrected chi connectivity index (χ3v) is 5.31. The number of carbonyl (C=O) groups excluding carboxylic acids is 2. The fraction of sp³-hybridized carbons (Fsp3) is 0.0909. The van der Waals surface area contributed by atoms with Gasteiger partial charge < -0.3 is 16.0 Å². The number of hydrogen-bond acceptors (Lipinski definition) is 5. The Bertz CT molecular complexity index is 1400. The first kappa shape index (κ1) is 19.6. The Morgan fingerprint density at radius 2 is 2.03 bits per heavy atom. The lowest BCUT2D eigenvalue weighted by molar-refractivity contribution is -0.117. The van der Waals surface area contributed by atoms with E-state index in [1.165, 1.54) is 24.3 Å². The molecule has 10 heteroatoms. The number of halogens is 1. The normalized spacial score (nSPS) is 13.7. The summed E-state index contributed by atoms with van der Waals surface area (Å²) < 4.78 is 14.8. The van der Waals surface area contributed by atoms with Crippen LogP contribution in [0.1, 0.15) is 27.5 Å². The number of H-pyrrole nitrogens is 1. The van der Waals surface area contributed by atoms with Crippen LogP contribution in [0.4, 0.5) is 10.1 Å². The maximum absolute atomic E-state index is 13.2. The number of hydrazone groups is 1. The van der Waals surface area contributed by atoms with Crippen LogP contribution >= 0.6 is 0 Å². The molecule has 2 aromatic carbocycles. The number of amides is 2. The van der Waals surface area contributed by atoms with Crippen LogP contribution in [-0.4, -0.2) is 32.8 Å². The van der Waals surface area contributed by atoms with E-state index in [1.54, 1.807) is 29.2 Å². The molecule has 1 aliphatic heterocycles. The molecule has 1 unspecified atom stereocenters. The highest BCUT2D eigenvalue weighted by Crippen LogP contribution is 2.34. The van der Waals surface area contributed by atoms with Crippen molar-refractivity contribution in [1.82, 2.24) is 20.2 Å². The summed E-state index contributed by atoms with van der Waals surface area (Å²) in [6.45, 7) is 0. The molecule has 1 aliphatic rings. The van der Waals surface area contributed by atoms with Crippen LogP contribution < -0.4 is 16.5 Å². The van der Waals surface area contributed by atoms with Crippen molar-refractivity contribution in [2.75, 3.05) is 5.32 Å². The molecule has 9 nitrogen and oxygen atoms in total. The third-order valence-electron chi connectivity index (χ3n) is 5.31. The molecule has 1 atom stereocenters. The zero-order valence-electron chi connectivity index (χ0n) is 16.9. The number of carbonyl (C=O) groups is 2. The lowest BCUT2D eigenvalue weighted by Gasteiger charge is -2.13. The molecule has 3 heterocycles. The quantitative estimate of drug-likeness (QED) is 0.395. The van der Waals surface area contributed by atoms with Gasteiger partial charge in [0.1, 0.15) is 11.9 Å². The van der Waals surface area contributed by atoms with Crippen molar-refractivity contribution in [3.05, 3.63) is 71.3 Å². The van der Waals surface area contributed by atoms with Crippen LogP contribution in [0.2, 0.25) is 0 Å². The van der Waals surface area contributed by atoms with Crippen LogP contribution in [0.5, 0.6) is 0 Å². The van der Waals surface area contributed by atoms with Gasteiger partial charge in [-0.3, -0.25) is 14.3 Å². The van der Waals surface area contributed by atoms with Crippen LogP contribution in [0, 0.1) is 5.82 Å². The number of rotatable bonds is 4. The number of nitrogens with zero attached hydrogens (tertiary/aromatic N) is 3. The molecule has 2 amide bonds. The molecule has 32 heavy (non-hydrogen) atoms. The minimum absolute atomic E-state index is 0.354. The van der Waals surface area contributed by atoms with E-state index in [-0.39, 0.29) is 0 Å². The monoisotopic (exact) mass is 431 g/mol. The highest BCUT2D eigenvalue weighted by molar-refractivity contribution is 6.18. The molecule has 2 aromatic heterocycles. The Labute approximate surface area is 181 Å². The molecule has 4 aromatic rings. The number of anilines is 1. The van der Waals surface area contributed by atoms with E-state index >= 15 is 0 Å². The van der Waals surface area contributed by atoms with Gasteiger partial charge in [-0.25, -0.2) is 9.82 Å². The standard InChI is InChI=1S/C22H18FN7O2/c1-30-10-12(8-26-30)20-16-9-25-29-21(31)15-6-14(7-17(28-20)18(15)16)27-22(32)19(24)11-2-4-13(23)5-3-11/h2-10,19,28H,24H2,1H3,(H,27,32)(H,29,31). The number of aryl methyl sites for hydroxylation is 1. The smallest absolute Gasteiger partial charge is 0.272 e. The Morgan fingerprint density at radius 3 is 2.75 bits per heavy atom. The minimum Gasteiger partial charge on any atom is -0.354 e. The van der Waals surface area contributed by atoms with Gasteiger partial charge >= 0.3 is 0 Å². The van der Waals surface area contributed by atoms with Gasteiger partial charge in [0.05, 0.1) is 23.7 Å². The van der Waals surface area contributed by atoms with Crippen molar-refractivity contribution >= 4 is 34.6 Å². The van der Waals surface area contributed by atoms with Crippen molar-refractivity contribution in [3.63, 3.8) is 0 Å². The van der Waals surface area contributed by atoms with Gasteiger partial charge in [-0.2, -0.15) is 10.2 Å². The number of aromatic amines is 1. The number of nitrogens with two attached hydrogens (primary N) is 1. The predicted molar refractivity (Wildman–Crippen MR) is 118 cm³/mol. The molecular formula is C22H18FN7O2. The second kappa shape index (κ2) is 7.43. The van der Waals surface area contributed by atoms with E-state index in [1.807, 2.05) is 13.2 Å². The van der Waals surface area contributed by atoms with Gasteiger partial charge in [-0.05, 0) is 29.8 Å². The summed E-state index contributed by atoms with van der Waals surface area (Å²) in [6.07, 6.45) is 5.14. The van der Waals surface area contributed by atoms with Crippen molar-refractivity contribution in [2.45, 2.75) is 6.04 Å². The van der Waals surface area contributed by atoms with Crippen LogP contribution in [0.25, 0.3) is 22.2 Å². The number of hydrogen-bond donors (Lipinski definition) is 4. The van der Waals surface area contributed by atoms with Crippen molar-refractivity contribution < 1.29 is 14.0 Å². The van der Waals surface area contributed by atoms with E-state index in [2.05, 4.69) is 25.9 Å². The Kier molecular flexibility index (Phi) is 4.56. The van der Waals surface area contributed by atoms with E-state index in [9.17, 15) is 14.0 Å². The van der Waals surface area contributed by atoms with Gasteiger partial charge in [-0.15, -0.1) is 0 Å². The Hall–Kier alpha value is -4.31. The van der Waals surface area contributed by atoms with Crippen LogP contribution in [0.15, 0.2) is 53.9 Å². The van der Waals surface area contributed by atoms with Crippen molar-refractivity contribution in [3.8, 4) is 11.3 Å². The second-order valence-corrected chi connectivity index (χ2v) is 7.48. The summed E-state index contributed by atoms with van der Waals surface area (Å²) in [5.74, 6) is -1.31. The summed E-state index contributed by atoms with van der Waals surface area (Å²) in [5, 5.41) is 11.6. The van der Waals surface area contributed by atoms with E-state index < -0.39 is 23.7 Å². The molecule has 0 saturated heterocycles. The zero-order chi connectivity index (χ0) is 22.4. The summed E-state index contributed by atoms with van der Waals surface area (Å²) in [7, 11) is 1.81. The Balaban J connectivity index is 1.55. The highest BCUT2D eigenvalue weighted by atomic mass is 19.1. The molecule has 0 aliphatic carbocycles. The number of benzene rings is 2. The molecule has 160 valence electrons. The van der Waals surface area contributed by atoms with E-state index in [0.29, 0.717) is 27.7 Å². The molecule has 5 rings (SSSR count). The number of nitrogens with one attached hydrogen (secondary N) is 3. The van der Waals surface area contributed by atoms with E-state index in [0.717, 1.165) is 16.8 Å². The molecule has 0 saturated carbocycles. The minimum atomic E-state index is -1.01. The summed E-state index contributed by atoms with van der Waals surface area (Å²) in [5.41, 5.74) is 12.7. The SMILES string of the molecule is Cn1cc(-c2[nH]c3cc(NC(=O)C(N)c4ccc(F)cc4)cc4c3c2C=NNC4=O)cn1. The summed E-state index contributed by atoms with van der Waals surface area (Å²) in [6, 6.07) is 7.70. The second-order valence-electron chi connectivity index (χ2n) is 7.48. The average Bonchev–Trinajstić information content (AvgIpc) is 3.31. The maximum atomic E-state index is 13.2. The van der Waals surface area contributed by atoms with Crippen LogP contribution in [0.3, 0.4) is 0 Å². The largest absolute Gasteiger partial charge is 0.354 e. The molecule has 0 spiro atoms. The van der Waals surface area contributed by atoms with Crippen molar-refractivity contribution in [1.29, 1.82) is 0 Å². The first-order valence-corrected chi connectivity index (χ1v) is 9.75. The maximum Gasteiger partial charge on any atom is 0.272 e. The van der Waals surface area contributed by atoms with E-state index in [4.69, 9.17) is 5.73 Å². The number of aromatic nitrogens is 3. The van der Waals surface area contributed by atoms with Gasteiger partial charge in [0.25, 0.3) is 5.91 Å². The molecule has 5 N–H and O–H groups in total. The lowest BCUT2D eigenvalue weighted by atomic mass is 10.0. The van der Waals surface area contributed by atoms with Gasteiger partial charge in [0.2, 0.25) is 5.91 Å². The Morgan fingerprint density at radius 1 is 1.25 bits per heavy atom. The van der Waals surface area contributed by atoms with Crippen LogP contribution in [-0.2, 0) is 11.8 Å². The van der Waals surface area contributed by atoms with Gasteiger partial charge in [0.15, 0.2) is 0 Å². The average molecular weight is 431 g/mol. The third kappa shape index (κ3) is 3.32. The van der Waals surface area contributed by atoms with Gasteiger partial charge in [0, 0.05) is 41.0 Å². The molecule has 0 bridgehead atoms. The molecule has 0 radical (unpaired) electrons. The fourth-order valence-corrected chi connectivity index (χ4v) is 3.77. The fourth-order valence-electron chi connectivity index (χ4n) is 3.77. The first-order valence-electron chi connectivity index (χ1n) is 9.75. The molecule has 0 fully saturated rings. The molecular weight excluding hydrogens is 413 g/mol. The topological polar surface area (TPSA) is 130 Å². The van der Waals surface area contributed by atoms with Gasteiger partial charge in [-0.1, -0.05) is 12.1 Å².